The van der Waals surface area contributed by atoms with Crippen LogP contribution in [0.1, 0.15) is 47.7 Å². The number of carbonyl (C=O) groups excluding carboxylic acids is 1. The van der Waals surface area contributed by atoms with E-state index in [2.05, 4.69) is 10.1 Å². The number of nitrogens with zero attached hydrogens (tertiary/aromatic N) is 3. The number of aryl methyl sites for hydroxylation is 1. The van der Waals surface area contributed by atoms with Crippen LogP contribution >= 0.6 is 11.6 Å². The lowest BCUT2D eigenvalue weighted by Gasteiger charge is -2.07. The van der Waals surface area contributed by atoms with Crippen molar-refractivity contribution >= 4 is 28.5 Å². The van der Waals surface area contributed by atoms with Crippen molar-refractivity contribution < 1.29 is 4.79 Å². The zero-order chi connectivity index (χ0) is 13.6. The first-order valence-corrected chi connectivity index (χ1v) is 6.78. The van der Waals surface area contributed by atoms with Crippen LogP contribution in [-0.2, 0) is 7.05 Å². The van der Waals surface area contributed by atoms with Crippen LogP contribution in [0.25, 0.3) is 11.0 Å². The van der Waals surface area contributed by atoms with E-state index in [0.29, 0.717) is 16.6 Å². The highest BCUT2D eigenvalue weighted by Gasteiger charge is 2.26. The molecule has 2 aromatic rings. The minimum atomic E-state index is -0.555. The molecule has 1 saturated carbocycles. The Balaban J connectivity index is 2.27. The molecule has 0 atom stereocenters. The zero-order valence-corrected chi connectivity index (χ0v) is 11.4. The van der Waals surface area contributed by atoms with Gasteiger partial charge < -0.3 is 5.73 Å². The van der Waals surface area contributed by atoms with Crippen LogP contribution in [0.3, 0.4) is 0 Å². The maximum absolute atomic E-state index is 11.4. The van der Waals surface area contributed by atoms with Crippen LogP contribution in [0.5, 0.6) is 0 Å². The van der Waals surface area contributed by atoms with Crippen molar-refractivity contribution in [1.82, 2.24) is 14.8 Å². The summed E-state index contributed by atoms with van der Waals surface area (Å²) < 4.78 is 1.72. The van der Waals surface area contributed by atoms with Gasteiger partial charge in [0, 0.05) is 19.2 Å². The van der Waals surface area contributed by atoms with Gasteiger partial charge in [0.25, 0.3) is 5.91 Å². The van der Waals surface area contributed by atoms with E-state index in [9.17, 15) is 4.79 Å². The number of rotatable bonds is 2. The largest absolute Gasteiger partial charge is 0.366 e. The summed E-state index contributed by atoms with van der Waals surface area (Å²) >= 11 is 6.34. The monoisotopic (exact) mass is 278 g/mol. The summed E-state index contributed by atoms with van der Waals surface area (Å²) in [6.45, 7) is 0. The molecule has 0 unspecified atom stereocenters. The van der Waals surface area contributed by atoms with Crippen molar-refractivity contribution in [2.45, 2.75) is 31.6 Å². The van der Waals surface area contributed by atoms with Crippen LogP contribution in [0.2, 0.25) is 5.02 Å². The predicted octanol–water partition coefficient (Wildman–Crippen LogP) is 2.38. The predicted molar refractivity (Wildman–Crippen MR) is 73.2 cm³/mol. The summed E-state index contributed by atoms with van der Waals surface area (Å²) in [7, 11) is 1.84. The first-order valence-electron chi connectivity index (χ1n) is 6.40. The van der Waals surface area contributed by atoms with E-state index in [4.69, 9.17) is 17.3 Å². The molecule has 1 aliphatic carbocycles. The summed E-state index contributed by atoms with van der Waals surface area (Å²) in [6.07, 6.45) is 6.08. The normalized spacial score (nSPS) is 16.3. The number of primary amides is 1. The minimum absolute atomic E-state index is 0.265. The summed E-state index contributed by atoms with van der Waals surface area (Å²) in [5.41, 5.74) is 7.25. The molecule has 0 saturated heterocycles. The third-order valence-corrected chi connectivity index (χ3v) is 4.22. The summed E-state index contributed by atoms with van der Waals surface area (Å²) in [5.74, 6) is -0.147. The highest BCUT2D eigenvalue weighted by atomic mass is 35.5. The van der Waals surface area contributed by atoms with Crippen LogP contribution < -0.4 is 5.73 Å². The zero-order valence-electron chi connectivity index (χ0n) is 10.7. The second-order valence-corrected chi connectivity index (χ2v) is 5.42. The van der Waals surface area contributed by atoms with Gasteiger partial charge in [-0.2, -0.15) is 5.10 Å². The Bertz CT molecular complexity index is 658. The Morgan fingerprint density at radius 2 is 2.16 bits per heavy atom. The highest BCUT2D eigenvalue weighted by molar-refractivity contribution is 6.38. The second-order valence-electron chi connectivity index (χ2n) is 5.04. The van der Waals surface area contributed by atoms with Crippen molar-refractivity contribution in [2.24, 2.45) is 12.8 Å². The standard InChI is InChI=1S/C13H15ClN4O/c1-18-13-9(10(14)8(6-16-13)12(15)19)11(17-18)7-4-2-3-5-7/h6-7H,2-5H2,1H3,(H2,15,19). The summed E-state index contributed by atoms with van der Waals surface area (Å²) in [5, 5.41) is 5.72. The van der Waals surface area contributed by atoms with Gasteiger partial charge in [-0.25, -0.2) is 4.98 Å². The molecule has 0 aliphatic heterocycles. The quantitative estimate of drug-likeness (QED) is 0.916. The SMILES string of the molecule is Cn1nc(C2CCCC2)c2c(Cl)c(C(N)=O)cnc21. The van der Waals surface area contributed by atoms with Gasteiger partial charge in [-0.05, 0) is 12.8 Å². The fourth-order valence-corrected chi connectivity index (χ4v) is 3.19. The second kappa shape index (κ2) is 4.49. The molecule has 1 fully saturated rings. The average Bonchev–Trinajstić information content (AvgIpc) is 2.97. The minimum Gasteiger partial charge on any atom is -0.366 e. The van der Waals surface area contributed by atoms with Gasteiger partial charge in [-0.15, -0.1) is 0 Å². The molecule has 2 heterocycles. The van der Waals surface area contributed by atoms with Crippen LogP contribution in [0.15, 0.2) is 6.20 Å². The van der Waals surface area contributed by atoms with Gasteiger partial charge in [-0.3, -0.25) is 9.48 Å². The fraction of sp³-hybridized carbons (Fsp3) is 0.462. The van der Waals surface area contributed by atoms with Gasteiger partial charge in [-0.1, -0.05) is 24.4 Å². The Hall–Kier alpha value is -1.62. The molecule has 2 aromatic heterocycles. The number of aromatic nitrogens is 3. The van der Waals surface area contributed by atoms with Gasteiger partial charge in [0.2, 0.25) is 0 Å². The van der Waals surface area contributed by atoms with E-state index in [0.717, 1.165) is 23.9 Å². The summed E-state index contributed by atoms with van der Waals surface area (Å²) in [4.78, 5) is 15.6. The molecule has 0 bridgehead atoms. The smallest absolute Gasteiger partial charge is 0.251 e. The van der Waals surface area contributed by atoms with Crippen molar-refractivity contribution in [1.29, 1.82) is 0 Å². The lowest BCUT2D eigenvalue weighted by atomic mass is 10.0. The average molecular weight is 279 g/mol. The Kier molecular flexibility index (Phi) is 2.93. The van der Waals surface area contributed by atoms with E-state index in [1.54, 1.807) is 4.68 Å². The molecule has 6 heteroatoms. The van der Waals surface area contributed by atoms with Gasteiger partial charge in [0.15, 0.2) is 5.65 Å². The molecule has 5 nitrogen and oxygen atoms in total. The van der Waals surface area contributed by atoms with Crippen molar-refractivity contribution in [3.8, 4) is 0 Å². The third kappa shape index (κ3) is 1.89. The number of hydrogen-bond acceptors (Lipinski definition) is 3. The van der Waals surface area contributed by atoms with E-state index >= 15 is 0 Å². The number of halogens is 1. The van der Waals surface area contributed by atoms with Crippen molar-refractivity contribution in [3.05, 3.63) is 22.5 Å². The van der Waals surface area contributed by atoms with E-state index < -0.39 is 5.91 Å². The molecule has 3 rings (SSSR count). The molecule has 0 aromatic carbocycles. The molecule has 0 spiro atoms. The number of carbonyl (C=O) groups is 1. The number of fused-ring (bicyclic) bond motifs is 1. The lowest BCUT2D eigenvalue weighted by Crippen LogP contribution is -2.12. The molecular weight excluding hydrogens is 264 g/mol. The van der Waals surface area contributed by atoms with Gasteiger partial charge in [0.05, 0.1) is 21.7 Å². The summed E-state index contributed by atoms with van der Waals surface area (Å²) in [6, 6.07) is 0. The molecule has 100 valence electrons. The van der Waals surface area contributed by atoms with E-state index in [1.807, 2.05) is 7.05 Å². The van der Waals surface area contributed by atoms with Crippen LogP contribution in [-0.4, -0.2) is 20.7 Å². The first-order chi connectivity index (χ1) is 9.09. The van der Waals surface area contributed by atoms with Crippen molar-refractivity contribution in [3.63, 3.8) is 0 Å². The van der Waals surface area contributed by atoms with E-state index in [1.165, 1.54) is 19.0 Å². The number of nitrogens with two attached hydrogens (primary N) is 1. The lowest BCUT2D eigenvalue weighted by molar-refractivity contribution is 0.100. The highest BCUT2D eigenvalue weighted by Crippen LogP contribution is 2.39. The molecular formula is C13H15ClN4O. The van der Waals surface area contributed by atoms with Crippen LogP contribution in [0, 0.1) is 0 Å². The molecule has 19 heavy (non-hydrogen) atoms. The molecule has 1 aliphatic rings. The molecule has 1 amide bonds. The van der Waals surface area contributed by atoms with Crippen molar-refractivity contribution in [2.75, 3.05) is 0 Å². The fourth-order valence-electron chi connectivity index (χ4n) is 2.87. The first kappa shape index (κ1) is 12.4. The van der Waals surface area contributed by atoms with Gasteiger partial charge >= 0.3 is 0 Å². The third-order valence-electron chi connectivity index (χ3n) is 3.82. The number of hydrogen-bond donors (Lipinski definition) is 1. The topological polar surface area (TPSA) is 73.8 Å². The molecule has 2 N–H and O–H groups in total. The van der Waals surface area contributed by atoms with E-state index in [-0.39, 0.29) is 5.56 Å². The Labute approximate surface area is 115 Å². The van der Waals surface area contributed by atoms with Gasteiger partial charge in [0.1, 0.15) is 0 Å². The van der Waals surface area contributed by atoms with Crippen LogP contribution in [0.4, 0.5) is 0 Å². The Morgan fingerprint density at radius 3 is 2.79 bits per heavy atom. The molecule has 0 radical (unpaired) electrons. The maximum Gasteiger partial charge on any atom is 0.251 e. The number of pyridine rings is 1. The Morgan fingerprint density at radius 1 is 1.47 bits per heavy atom. The maximum atomic E-state index is 11.4. The number of amides is 1.